The van der Waals surface area contributed by atoms with Crippen LogP contribution in [0.2, 0.25) is 0 Å². The van der Waals surface area contributed by atoms with Crippen LogP contribution in [0.3, 0.4) is 0 Å². The Morgan fingerprint density at radius 2 is 1.96 bits per heavy atom. The molecule has 0 radical (unpaired) electrons. The van der Waals surface area contributed by atoms with Crippen molar-refractivity contribution in [2.45, 2.75) is 25.3 Å². The second-order valence-corrected chi connectivity index (χ2v) is 6.00. The predicted molar refractivity (Wildman–Crippen MR) is 88.1 cm³/mol. The molecule has 0 aliphatic carbocycles. The van der Waals surface area contributed by atoms with Gasteiger partial charge in [-0.25, -0.2) is 9.18 Å². The Bertz CT molecular complexity index is 650. The molecule has 2 rings (SSSR count). The lowest BCUT2D eigenvalue weighted by Gasteiger charge is -2.22. The molecule has 1 aromatic rings. The van der Waals surface area contributed by atoms with Crippen molar-refractivity contribution in [2.24, 2.45) is 0 Å². The van der Waals surface area contributed by atoms with E-state index < -0.39 is 29.2 Å². The van der Waals surface area contributed by atoms with Crippen molar-refractivity contribution in [1.29, 1.82) is 0 Å². The summed E-state index contributed by atoms with van der Waals surface area (Å²) in [5.74, 6) is -1.39. The molecular weight excluding hydrogens is 329 g/mol. The molecule has 1 heterocycles. The average Bonchev–Trinajstić information content (AvgIpc) is 2.79. The number of ether oxygens (including phenoxy) is 1. The van der Waals surface area contributed by atoms with Crippen LogP contribution >= 0.6 is 0 Å². The summed E-state index contributed by atoms with van der Waals surface area (Å²) in [7, 11) is 1.61. The number of carbonyl (C=O) groups excluding carboxylic acids is 3. The van der Waals surface area contributed by atoms with Crippen LogP contribution in [0.1, 0.15) is 25.3 Å². The minimum absolute atomic E-state index is 0.355. The monoisotopic (exact) mass is 351 g/mol. The van der Waals surface area contributed by atoms with E-state index in [1.54, 1.807) is 7.11 Å². The lowest BCUT2D eigenvalue weighted by atomic mass is 9.92. The third-order valence-electron chi connectivity index (χ3n) is 4.10. The standard InChI is InChI=1S/C17H22FN3O4/c1-17(12-5-7-13(18)8-6-12)15(23)21(16(24)20-17)11-14(22)19-9-3-4-10-25-2/h5-8H,3-4,9-11H2,1-2H3,(H,19,22)(H,20,24). The fourth-order valence-corrected chi connectivity index (χ4v) is 2.62. The van der Waals surface area contributed by atoms with Crippen LogP contribution in [0.4, 0.5) is 9.18 Å². The van der Waals surface area contributed by atoms with E-state index in [1.807, 2.05) is 0 Å². The summed E-state index contributed by atoms with van der Waals surface area (Å²) in [4.78, 5) is 37.6. The number of amides is 4. The van der Waals surface area contributed by atoms with E-state index in [1.165, 1.54) is 31.2 Å². The second kappa shape index (κ2) is 8.06. The number of hydrogen-bond acceptors (Lipinski definition) is 4. The number of unbranched alkanes of at least 4 members (excludes halogenated alkanes) is 1. The maximum atomic E-state index is 13.1. The first-order valence-electron chi connectivity index (χ1n) is 8.04. The Hall–Kier alpha value is -2.48. The normalized spacial score (nSPS) is 19.9. The fraction of sp³-hybridized carbons (Fsp3) is 0.471. The van der Waals surface area contributed by atoms with Crippen molar-refractivity contribution >= 4 is 17.8 Å². The van der Waals surface area contributed by atoms with Gasteiger partial charge in [0, 0.05) is 20.3 Å². The number of benzene rings is 1. The Kier molecular flexibility index (Phi) is 6.08. The summed E-state index contributed by atoms with van der Waals surface area (Å²) in [5, 5.41) is 5.24. The Labute approximate surface area is 145 Å². The number of imide groups is 1. The number of hydrogen-bond donors (Lipinski definition) is 2. The molecule has 1 fully saturated rings. The SMILES string of the molecule is COCCCCNC(=O)CN1C(=O)NC(C)(c2ccc(F)cc2)C1=O. The molecule has 1 unspecified atom stereocenters. The minimum atomic E-state index is -1.32. The zero-order valence-corrected chi connectivity index (χ0v) is 14.3. The first-order valence-corrected chi connectivity index (χ1v) is 8.04. The molecule has 136 valence electrons. The highest BCUT2D eigenvalue weighted by Crippen LogP contribution is 2.28. The van der Waals surface area contributed by atoms with E-state index in [2.05, 4.69) is 10.6 Å². The van der Waals surface area contributed by atoms with E-state index in [0.29, 0.717) is 18.7 Å². The van der Waals surface area contributed by atoms with Crippen LogP contribution in [-0.2, 0) is 19.9 Å². The Balaban J connectivity index is 1.96. The molecule has 0 aromatic heterocycles. The third kappa shape index (κ3) is 4.33. The van der Waals surface area contributed by atoms with Gasteiger partial charge in [0.2, 0.25) is 5.91 Å². The summed E-state index contributed by atoms with van der Waals surface area (Å²) in [5.41, 5.74) is -0.862. The zero-order chi connectivity index (χ0) is 18.4. The number of urea groups is 1. The predicted octanol–water partition coefficient (Wildman–Crippen LogP) is 1.14. The molecule has 0 saturated carbocycles. The lowest BCUT2D eigenvalue weighted by molar-refractivity contribution is -0.134. The Morgan fingerprint density at radius 1 is 1.28 bits per heavy atom. The molecule has 1 aliphatic heterocycles. The van der Waals surface area contributed by atoms with Crippen molar-refractivity contribution < 1.29 is 23.5 Å². The van der Waals surface area contributed by atoms with Crippen molar-refractivity contribution in [3.05, 3.63) is 35.6 Å². The number of halogens is 1. The lowest BCUT2D eigenvalue weighted by Crippen LogP contribution is -2.43. The van der Waals surface area contributed by atoms with Crippen molar-refractivity contribution in [1.82, 2.24) is 15.5 Å². The molecule has 0 bridgehead atoms. The maximum Gasteiger partial charge on any atom is 0.325 e. The van der Waals surface area contributed by atoms with Gasteiger partial charge >= 0.3 is 6.03 Å². The van der Waals surface area contributed by atoms with Gasteiger partial charge < -0.3 is 15.4 Å². The van der Waals surface area contributed by atoms with Crippen LogP contribution in [-0.4, -0.2) is 49.6 Å². The third-order valence-corrected chi connectivity index (χ3v) is 4.10. The van der Waals surface area contributed by atoms with Gasteiger partial charge in [-0.1, -0.05) is 12.1 Å². The average molecular weight is 351 g/mol. The fourth-order valence-electron chi connectivity index (χ4n) is 2.62. The second-order valence-electron chi connectivity index (χ2n) is 6.00. The molecule has 1 aliphatic rings. The van der Waals surface area contributed by atoms with Gasteiger partial charge in [0.15, 0.2) is 0 Å². The molecule has 1 atom stereocenters. The number of methoxy groups -OCH3 is 1. The minimum Gasteiger partial charge on any atom is -0.385 e. The molecule has 2 N–H and O–H groups in total. The van der Waals surface area contributed by atoms with Crippen molar-refractivity contribution in [2.75, 3.05) is 26.8 Å². The van der Waals surface area contributed by atoms with E-state index in [0.717, 1.165) is 17.7 Å². The van der Waals surface area contributed by atoms with Crippen LogP contribution in [0.5, 0.6) is 0 Å². The zero-order valence-electron chi connectivity index (χ0n) is 14.3. The van der Waals surface area contributed by atoms with Gasteiger partial charge in [-0.15, -0.1) is 0 Å². The van der Waals surface area contributed by atoms with Crippen molar-refractivity contribution in [3.8, 4) is 0 Å². The first kappa shape index (κ1) is 18.9. The van der Waals surface area contributed by atoms with Gasteiger partial charge in [0.05, 0.1) is 0 Å². The highest BCUT2D eigenvalue weighted by Gasteiger charge is 2.49. The van der Waals surface area contributed by atoms with Gasteiger partial charge in [-0.3, -0.25) is 14.5 Å². The van der Waals surface area contributed by atoms with Crippen LogP contribution in [0, 0.1) is 5.82 Å². The molecule has 0 spiro atoms. The van der Waals surface area contributed by atoms with Crippen LogP contribution < -0.4 is 10.6 Å². The smallest absolute Gasteiger partial charge is 0.325 e. The van der Waals surface area contributed by atoms with Gasteiger partial charge in [0.1, 0.15) is 17.9 Å². The highest BCUT2D eigenvalue weighted by molar-refractivity contribution is 6.09. The largest absolute Gasteiger partial charge is 0.385 e. The quantitative estimate of drug-likeness (QED) is 0.543. The highest BCUT2D eigenvalue weighted by atomic mass is 19.1. The molecule has 7 nitrogen and oxygen atoms in total. The van der Waals surface area contributed by atoms with E-state index >= 15 is 0 Å². The van der Waals surface area contributed by atoms with E-state index in [-0.39, 0.29) is 6.54 Å². The van der Waals surface area contributed by atoms with Gasteiger partial charge in [-0.05, 0) is 37.5 Å². The number of rotatable bonds is 8. The molecule has 4 amide bonds. The number of nitrogens with one attached hydrogen (secondary N) is 2. The van der Waals surface area contributed by atoms with Crippen molar-refractivity contribution in [3.63, 3.8) is 0 Å². The molecular formula is C17H22FN3O4. The molecule has 25 heavy (non-hydrogen) atoms. The summed E-state index contributed by atoms with van der Waals surface area (Å²) in [6, 6.07) is 4.66. The topological polar surface area (TPSA) is 87.7 Å². The molecule has 8 heteroatoms. The molecule has 1 saturated heterocycles. The maximum absolute atomic E-state index is 13.1. The van der Waals surface area contributed by atoms with E-state index in [4.69, 9.17) is 4.74 Å². The van der Waals surface area contributed by atoms with Crippen LogP contribution in [0.15, 0.2) is 24.3 Å². The van der Waals surface area contributed by atoms with Gasteiger partial charge in [-0.2, -0.15) is 0 Å². The summed E-state index contributed by atoms with van der Waals surface area (Å²) >= 11 is 0. The summed E-state index contributed by atoms with van der Waals surface area (Å²) in [6.07, 6.45) is 1.55. The molecule has 1 aromatic carbocycles. The number of nitrogens with zero attached hydrogens (tertiary/aromatic N) is 1. The first-order chi connectivity index (χ1) is 11.9. The van der Waals surface area contributed by atoms with Gasteiger partial charge in [0.25, 0.3) is 5.91 Å². The summed E-state index contributed by atoms with van der Waals surface area (Å²) in [6.45, 7) is 2.23. The summed E-state index contributed by atoms with van der Waals surface area (Å²) < 4.78 is 18.0. The Morgan fingerprint density at radius 3 is 2.60 bits per heavy atom. The van der Waals surface area contributed by atoms with E-state index in [9.17, 15) is 18.8 Å². The number of carbonyl (C=O) groups is 3. The van der Waals surface area contributed by atoms with Crippen LogP contribution in [0.25, 0.3) is 0 Å².